The highest BCUT2D eigenvalue weighted by Crippen LogP contribution is 2.26. The number of hydrogen-bond donors (Lipinski definition) is 1. The van der Waals surface area contributed by atoms with Crippen LogP contribution in [0, 0.1) is 10.1 Å². The molecule has 6 heteroatoms. The van der Waals surface area contributed by atoms with Crippen molar-refractivity contribution in [3.05, 3.63) is 33.9 Å². The molecule has 1 fully saturated rings. The van der Waals surface area contributed by atoms with E-state index in [0.717, 1.165) is 56.8 Å². The van der Waals surface area contributed by atoms with Crippen LogP contribution >= 0.6 is 0 Å². The van der Waals surface area contributed by atoms with Crippen LogP contribution in [0.15, 0.2) is 18.2 Å². The minimum atomic E-state index is -0.316. The van der Waals surface area contributed by atoms with Crippen LogP contribution in [0.2, 0.25) is 0 Å². The Hall–Kier alpha value is -1.66. The molecule has 2 rings (SSSR count). The van der Waals surface area contributed by atoms with Crippen molar-refractivity contribution < 1.29 is 4.92 Å². The summed E-state index contributed by atoms with van der Waals surface area (Å²) in [5.41, 5.74) is 2.32. The van der Waals surface area contributed by atoms with Crippen LogP contribution in [0.1, 0.15) is 25.3 Å². The molecule has 1 N–H and O–H groups in total. The van der Waals surface area contributed by atoms with Gasteiger partial charge in [0.1, 0.15) is 0 Å². The molecule has 0 aromatic heterocycles. The summed E-state index contributed by atoms with van der Waals surface area (Å²) in [6, 6.07) is 5.23. The topological polar surface area (TPSA) is 61.7 Å². The highest BCUT2D eigenvalue weighted by Gasteiger charge is 2.19. The molecular formula is C16H26N4O2. The van der Waals surface area contributed by atoms with Crippen molar-refractivity contribution in [1.82, 2.24) is 10.2 Å². The average molecular weight is 306 g/mol. The maximum absolute atomic E-state index is 11.0. The summed E-state index contributed by atoms with van der Waals surface area (Å²) in [5, 5.41) is 14.4. The zero-order valence-corrected chi connectivity index (χ0v) is 13.5. The molecule has 22 heavy (non-hydrogen) atoms. The fraction of sp³-hybridized carbons (Fsp3) is 0.625. The van der Waals surface area contributed by atoms with Gasteiger partial charge >= 0.3 is 0 Å². The molecule has 1 aliphatic rings. The third kappa shape index (κ3) is 4.42. The van der Waals surface area contributed by atoms with E-state index in [1.165, 1.54) is 0 Å². The van der Waals surface area contributed by atoms with Gasteiger partial charge in [-0.15, -0.1) is 0 Å². The third-order valence-corrected chi connectivity index (χ3v) is 4.14. The van der Waals surface area contributed by atoms with Crippen LogP contribution < -0.4 is 10.2 Å². The Morgan fingerprint density at radius 1 is 1.27 bits per heavy atom. The minimum Gasteiger partial charge on any atom is -0.369 e. The van der Waals surface area contributed by atoms with E-state index >= 15 is 0 Å². The zero-order valence-electron chi connectivity index (χ0n) is 13.5. The van der Waals surface area contributed by atoms with Crippen molar-refractivity contribution >= 4 is 11.4 Å². The van der Waals surface area contributed by atoms with Gasteiger partial charge in [-0.25, -0.2) is 0 Å². The van der Waals surface area contributed by atoms with E-state index in [1.54, 1.807) is 12.1 Å². The molecular weight excluding hydrogens is 280 g/mol. The standard InChI is InChI=1S/C16H26N4O2/c1-3-4-7-17-13-14-12-15(20(21)22)5-6-16(14)19-10-8-18(2)9-11-19/h5-6,12,17H,3-4,7-11,13H2,1-2H3. The van der Waals surface area contributed by atoms with Gasteiger partial charge in [0.25, 0.3) is 5.69 Å². The van der Waals surface area contributed by atoms with Crippen molar-refractivity contribution in [3.8, 4) is 0 Å². The summed E-state index contributed by atoms with van der Waals surface area (Å²) in [6.45, 7) is 7.78. The van der Waals surface area contributed by atoms with Gasteiger partial charge in [-0.1, -0.05) is 13.3 Å². The van der Waals surface area contributed by atoms with Crippen molar-refractivity contribution in [2.75, 3.05) is 44.7 Å². The second-order valence-electron chi connectivity index (χ2n) is 5.89. The molecule has 0 saturated carbocycles. The summed E-state index contributed by atoms with van der Waals surface area (Å²) in [4.78, 5) is 15.3. The number of hydrogen-bond acceptors (Lipinski definition) is 5. The molecule has 122 valence electrons. The molecule has 1 heterocycles. The monoisotopic (exact) mass is 306 g/mol. The number of nitrogens with one attached hydrogen (secondary N) is 1. The van der Waals surface area contributed by atoms with Crippen LogP contribution in [-0.2, 0) is 6.54 Å². The van der Waals surface area contributed by atoms with Gasteiger partial charge in [0, 0.05) is 50.5 Å². The number of non-ortho nitro benzene ring substituents is 1. The first-order chi connectivity index (χ1) is 10.6. The van der Waals surface area contributed by atoms with Crippen molar-refractivity contribution in [2.24, 2.45) is 0 Å². The number of likely N-dealkylation sites (N-methyl/N-ethyl adjacent to an activating group) is 1. The quantitative estimate of drug-likeness (QED) is 0.475. The zero-order chi connectivity index (χ0) is 15.9. The lowest BCUT2D eigenvalue weighted by Crippen LogP contribution is -2.45. The second kappa shape index (κ2) is 8.10. The number of nitro groups is 1. The predicted octanol–water partition coefficient (Wildman–Crippen LogP) is 2.24. The largest absolute Gasteiger partial charge is 0.369 e. The highest BCUT2D eigenvalue weighted by molar-refractivity contribution is 5.58. The van der Waals surface area contributed by atoms with E-state index in [9.17, 15) is 10.1 Å². The van der Waals surface area contributed by atoms with Crippen molar-refractivity contribution in [2.45, 2.75) is 26.3 Å². The van der Waals surface area contributed by atoms with E-state index in [2.05, 4.69) is 29.1 Å². The number of piperazine rings is 1. The molecule has 1 aromatic carbocycles. The molecule has 0 amide bonds. The Kier molecular flexibility index (Phi) is 6.15. The van der Waals surface area contributed by atoms with Gasteiger partial charge in [0.05, 0.1) is 4.92 Å². The van der Waals surface area contributed by atoms with Gasteiger partial charge in [-0.3, -0.25) is 10.1 Å². The number of nitro benzene ring substituents is 1. The van der Waals surface area contributed by atoms with Crippen LogP contribution in [0.4, 0.5) is 11.4 Å². The van der Waals surface area contributed by atoms with Gasteiger partial charge in [0.15, 0.2) is 0 Å². The van der Waals surface area contributed by atoms with Crippen molar-refractivity contribution in [1.29, 1.82) is 0 Å². The molecule has 1 saturated heterocycles. The van der Waals surface area contributed by atoms with Crippen LogP contribution in [0.5, 0.6) is 0 Å². The van der Waals surface area contributed by atoms with E-state index < -0.39 is 0 Å². The lowest BCUT2D eigenvalue weighted by atomic mass is 10.1. The van der Waals surface area contributed by atoms with Gasteiger partial charge in [-0.2, -0.15) is 0 Å². The normalized spacial score (nSPS) is 16.0. The Morgan fingerprint density at radius 3 is 2.64 bits per heavy atom. The Balaban J connectivity index is 2.13. The highest BCUT2D eigenvalue weighted by atomic mass is 16.6. The molecule has 0 unspecified atom stereocenters. The predicted molar refractivity (Wildman–Crippen MR) is 89.4 cm³/mol. The number of benzene rings is 1. The van der Waals surface area contributed by atoms with Gasteiger partial charge in [0.2, 0.25) is 0 Å². The van der Waals surface area contributed by atoms with E-state index in [-0.39, 0.29) is 10.6 Å². The molecule has 1 aromatic rings. The summed E-state index contributed by atoms with van der Waals surface area (Å²) in [5.74, 6) is 0. The maximum Gasteiger partial charge on any atom is 0.269 e. The average Bonchev–Trinajstić information content (AvgIpc) is 2.52. The number of anilines is 1. The summed E-state index contributed by atoms with van der Waals surface area (Å²) in [6.07, 6.45) is 2.27. The van der Waals surface area contributed by atoms with Crippen LogP contribution in [0.3, 0.4) is 0 Å². The molecule has 1 aliphatic heterocycles. The summed E-state index contributed by atoms with van der Waals surface area (Å²) in [7, 11) is 2.13. The molecule has 6 nitrogen and oxygen atoms in total. The van der Waals surface area contributed by atoms with Gasteiger partial charge in [-0.05, 0) is 31.6 Å². The first kappa shape index (κ1) is 16.7. The molecule has 0 spiro atoms. The molecule has 0 atom stereocenters. The van der Waals surface area contributed by atoms with E-state index in [0.29, 0.717) is 6.54 Å². The fourth-order valence-electron chi connectivity index (χ4n) is 2.71. The lowest BCUT2D eigenvalue weighted by Gasteiger charge is -2.35. The molecule has 0 radical (unpaired) electrons. The first-order valence-corrected chi connectivity index (χ1v) is 8.03. The minimum absolute atomic E-state index is 0.171. The van der Waals surface area contributed by atoms with Crippen LogP contribution in [0.25, 0.3) is 0 Å². The summed E-state index contributed by atoms with van der Waals surface area (Å²) < 4.78 is 0. The number of nitrogens with zero attached hydrogens (tertiary/aromatic N) is 3. The number of rotatable bonds is 7. The third-order valence-electron chi connectivity index (χ3n) is 4.14. The summed E-state index contributed by atoms with van der Waals surface area (Å²) >= 11 is 0. The molecule has 0 bridgehead atoms. The Bertz CT molecular complexity index is 499. The Morgan fingerprint density at radius 2 is 2.00 bits per heavy atom. The van der Waals surface area contributed by atoms with E-state index in [1.807, 2.05) is 6.07 Å². The second-order valence-corrected chi connectivity index (χ2v) is 5.89. The fourth-order valence-corrected chi connectivity index (χ4v) is 2.71. The smallest absolute Gasteiger partial charge is 0.269 e. The van der Waals surface area contributed by atoms with Gasteiger partial charge < -0.3 is 15.1 Å². The Labute approximate surface area is 132 Å². The number of unbranched alkanes of at least 4 members (excludes halogenated alkanes) is 1. The maximum atomic E-state index is 11.0. The van der Waals surface area contributed by atoms with E-state index in [4.69, 9.17) is 0 Å². The lowest BCUT2D eigenvalue weighted by molar-refractivity contribution is -0.384. The SMILES string of the molecule is CCCCNCc1cc([N+](=O)[O-])ccc1N1CCN(C)CC1. The van der Waals surface area contributed by atoms with Crippen LogP contribution in [-0.4, -0.2) is 49.6 Å². The first-order valence-electron chi connectivity index (χ1n) is 8.03. The van der Waals surface area contributed by atoms with Crippen molar-refractivity contribution in [3.63, 3.8) is 0 Å². The molecule has 0 aliphatic carbocycles.